The molecular weight excluding hydrogens is 341 g/mol. The van der Waals surface area contributed by atoms with Crippen LogP contribution in [-0.2, 0) is 0 Å². The molecule has 0 spiro atoms. The van der Waals surface area contributed by atoms with Crippen molar-refractivity contribution in [3.05, 3.63) is 39.6 Å². The molecule has 0 unspecified atom stereocenters. The average Bonchev–Trinajstić information content (AvgIpc) is 2.75. The van der Waals surface area contributed by atoms with Crippen LogP contribution in [0.3, 0.4) is 0 Å². The molecular formula is C12H10IN5. The van der Waals surface area contributed by atoms with Gasteiger partial charge in [-0.2, -0.15) is 9.61 Å². The van der Waals surface area contributed by atoms with Gasteiger partial charge in [-0.05, 0) is 59.8 Å². The fourth-order valence-corrected chi connectivity index (χ4v) is 2.26. The van der Waals surface area contributed by atoms with Crippen molar-refractivity contribution >= 4 is 33.9 Å². The smallest absolute Gasteiger partial charge is 0.187 e. The first-order chi connectivity index (χ1) is 8.65. The number of hydrogen-bond acceptors (Lipinski definition) is 4. The first-order valence-corrected chi connectivity index (χ1v) is 6.47. The Morgan fingerprint density at radius 2 is 2.00 bits per heavy atom. The molecule has 2 N–H and O–H groups in total. The highest BCUT2D eigenvalue weighted by Gasteiger charge is 2.12. The van der Waals surface area contributed by atoms with Crippen LogP contribution in [0.1, 0.15) is 5.69 Å². The summed E-state index contributed by atoms with van der Waals surface area (Å²) in [4.78, 5) is 0. The molecule has 6 heteroatoms. The predicted octanol–water partition coefficient (Wildman–Crippen LogP) is 2.29. The third-order valence-electron chi connectivity index (χ3n) is 2.65. The van der Waals surface area contributed by atoms with Gasteiger partial charge in [-0.15, -0.1) is 10.2 Å². The number of hydrogen-bond donors (Lipinski definition) is 1. The number of nitrogen functional groups attached to an aromatic ring is 1. The van der Waals surface area contributed by atoms with E-state index in [0.29, 0.717) is 17.2 Å². The summed E-state index contributed by atoms with van der Waals surface area (Å²) < 4.78 is 2.82. The lowest BCUT2D eigenvalue weighted by Crippen LogP contribution is -1.99. The van der Waals surface area contributed by atoms with Gasteiger partial charge in [0.05, 0.1) is 5.69 Å². The van der Waals surface area contributed by atoms with Crippen molar-refractivity contribution in [1.29, 1.82) is 0 Å². The Bertz CT molecular complexity index is 734. The molecule has 3 aromatic rings. The summed E-state index contributed by atoms with van der Waals surface area (Å²) in [5.74, 6) is 0.671. The molecule has 0 aliphatic rings. The maximum atomic E-state index is 6.00. The first kappa shape index (κ1) is 11.4. The lowest BCUT2D eigenvalue weighted by atomic mass is 10.2. The van der Waals surface area contributed by atoms with Gasteiger partial charge in [0.25, 0.3) is 0 Å². The van der Waals surface area contributed by atoms with Crippen LogP contribution >= 0.6 is 22.6 Å². The van der Waals surface area contributed by atoms with Crippen LogP contribution < -0.4 is 5.73 Å². The van der Waals surface area contributed by atoms with E-state index in [1.54, 1.807) is 4.52 Å². The Balaban J connectivity index is 2.31. The molecule has 2 aromatic heterocycles. The molecule has 18 heavy (non-hydrogen) atoms. The van der Waals surface area contributed by atoms with E-state index in [0.717, 1.165) is 14.8 Å². The summed E-state index contributed by atoms with van der Waals surface area (Å²) >= 11 is 2.24. The monoisotopic (exact) mass is 351 g/mol. The second-order valence-corrected chi connectivity index (χ2v) is 5.25. The van der Waals surface area contributed by atoms with Gasteiger partial charge < -0.3 is 5.73 Å². The second kappa shape index (κ2) is 4.20. The van der Waals surface area contributed by atoms with E-state index < -0.39 is 0 Å². The molecule has 0 atom stereocenters. The SMILES string of the molecule is Cc1ccc2nnc(-c3cc(I)ccc3N)n2n1. The topological polar surface area (TPSA) is 69.1 Å². The Hall–Kier alpha value is -1.70. The van der Waals surface area contributed by atoms with Gasteiger partial charge in [-0.3, -0.25) is 0 Å². The quantitative estimate of drug-likeness (QED) is 0.540. The summed E-state index contributed by atoms with van der Waals surface area (Å²) in [6, 6.07) is 9.61. The summed E-state index contributed by atoms with van der Waals surface area (Å²) in [7, 11) is 0. The zero-order chi connectivity index (χ0) is 12.7. The lowest BCUT2D eigenvalue weighted by Gasteiger charge is -2.04. The van der Waals surface area contributed by atoms with E-state index in [-0.39, 0.29) is 0 Å². The van der Waals surface area contributed by atoms with E-state index in [9.17, 15) is 0 Å². The number of benzene rings is 1. The van der Waals surface area contributed by atoms with Crippen molar-refractivity contribution in [1.82, 2.24) is 19.8 Å². The number of fused-ring (bicyclic) bond motifs is 1. The van der Waals surface area contributed by atoms with Crippen molar-refractivity contribution in [3.63, 3.8) is 0 Å². The molecule has 0 radical (unpaired) electrons. The molecule has 0 bridgehead atoms. The van der Waals surface area contributed by atoms with Crippen LogP contribution in [0.25, 0.3) is 17.0 Å². The van der Waals surface area contributed by atoms with E-state index >= 15 is 0 Å². The molecule has 0 aliphatic carbocycles. The average molecular weight is 351 g/mol. The minimum Gasteiger partial charge on any atom is -0.398 e. The normalized spacial score (nSPS) is 11.0. The second-order valence-electron chi connectivity index (χ2n) is 4.00. The van der Waals surface area contributed by atoms with Gasteiger partial charge in [-0.1, -0.05) is 0 Å². The van der Waals surface area contributed by atoms with Crippen molar-refractivity contribution in [2.45, 2.75) is 6.92 Å². The number of anilines is 1. The van der Waals surface area contributed by atoms with Gasteiger partial charge in [0.15, 0.2) is 11.5 Å². The van der Waals surface area contributed by atoms with E-state index in [4.69, 9.17) is 5.73 Å². The fourth-order valence-electron chi connectivity index (χ4n) is 1.77. The zero-order valence-corrected chi connectivity index (χ0v) is 11.8. The van der Waals surface area contributed by atoms with Crippen molar-refractivity contribution in [3.8, 4) is 11.4 Å². The summed E-state index contributed by atoms with van der Waals surface area (Å²) in [6.45, 7) is 1.93. The van der Waals surface area contributed by atoms with Crippen LogP contribution in [-0.4, -0.2) is 19.8 Å². The number of halogens is 1. The largest absolute Gasteiger partial charge is 0.398 e. The molecule has 0 saturated heterocycles. The van der Waals surface area contributed by atoms with Crippen molar-refractivity contribution < 1.29 is 0 Å². The Morgan fingerprint density at radius 1 is 1.17 bits per heavy atom. The number of aryl methyl sites for hydroxylation is 1. The van der Waals surface area contributed by atoms with E-state index in [1.165, 1.54) is 0 Å². The van der Waals surface area contributed by atoms with Crippen LogP contribution in [0.15, 0.2) is 30.3 Å². The third-order valence-corrected chi connectivity index (χ3v) is 3.32. The molecule has 2 heterocycles. The third kappa shape index (κ3) is 1.82. The molecule has 3 rings (SSSR count). The van der Waals surface area contributed by atoms with Gasteiger partial charge in [0.1, 0.15) is 0 Å². The number of nitrogens with two attached hydrogens (primary N) is 1. The molecule has 90 valence electrons. The van der Waals surface area contributed by atoms with Gasteiger partial charge in [0, 0.05) is 14.8 Å². The van der Waals surface area contributed by atoms with Gasteiger partial charge in [-0.25, -0.2) is 0 Å². The Morgan fingerprint density at radius 3 is 2.83 bits per heavy atom. The Kier molecular flexibility index (Phi) is 2.66. The summed E-state index contributed by atoms with van der Waals surface area (Å²) in [6.07, 6.45) is 0. The molecule has 5 nitrogen and oxygen atoms in total. The highest BCUT2D eigenvalue weighted by Crippen LogP contribution is 2.26. The number of rotatable bonds is 1. The minimum absolute atomic E-state index is 0.671. The fraction of sp³-hybridized carbons (Fsp3) is 0.0833. The lowest BCUT2D eigenvalue weighted by molar-refractivity contribution is 0.902. The molecule has 0 saturated carbocycles. The van der Waals surface area contributed by atoms with Crippen molar-refractivity contribution in [2.75, 3.05) is 5.73 Å². The van der Waals surface area contributed by atoms with Gasteiger partial charge in [0.2, 0.25) is 0 Å². The first-order valence-electron chi connectivity index (χ1n) is 5.39. The standard InChI is InChI=1S/C12H10IN5/c1-7-2-5-11-15-16-12(18(11)17-7)9-6-8(13)3-4-10(9)14/h2-6H,14H2,1H3. The highest BCUT2D eigenvalue weighted by molar-refractivity contribution is 14.1. The molecule has 0 amide bonds. The maximum absolute atomic E-state index is 6.00. The predicted molar refractivity (Wildman–Crippen MR) is 78.1 cm³/mol. The molecule has 0 aliphatic heterocycles. The zero-order valence-electron chi connectivity index (χ0n) is 9.63. The highest BCUT2D eigenvalue weighted by atomic mass is 127. The van der Waals surface area contributed by atoms with Crippen LogP contribution in [0.5, 0.6) is 0 Å². The van der Waals surface area contributed by atoms with E-state index in [2.05, 4.69) is 37.9 Å². The number of aromatic nitrogens is 4. The van der Waals surface area contributed by atoms with Crippen LogP contribution in [0.4, 0.5) is 5.69 Å². The van der Waals surface area contributed by atoms with E-state index in [1.807, 2.05) is 37.3 Å². The maximum Gasteiger partial charge on any atom is 0.187 e. The number of nitrogens with zero attached hydrogens (tertiary/aromatic N) is 4. The van der Waals surface area contributed by atoms with Crippen LogP contribution in [0.2, 0.25) is 0 Å². The summed E-state index contributed by atoms with van der Waals surface area (Å²) in [5, 5.41) is 12.7. The molecule has 1 aromatic carbocycles. The van der Waals surface area contributed by atoms with Gasteiger partial charge >= 0.3 is 0 Å². The minimum atomic E-state index is 0.671. The Labute approximate surface area is 117 Å². The van der Waals surface area contributed by atoms with Crippen LogP contribution in [0, 0.1) is 10.5 Å². The summed E-state index contributed by atoms with van der Waals surface area (Å²) in [5.41, 5.74) is 9.15. The molecule has 0 fully saturated rings. The van der Waals surface area contributed by atoms with Crippen molar-refractivity contribution in [2.24, 2.45) is 0 Å².